The van der Waals surface area contributed by atoms with Crippen LogP contribution in [0.2, 0.25) is 0 Å². The molecule has 0 unspecified atom stereocenters. The van der Waals surface area contributed by atoms with E-state index < -0.39 is 11.8 Å². The molecule has 7 heteroatoms. The fourth-order valence-electron chi connectivity index (χ4n) is 2.62. The third kappa shape index (κ3) is 4.84. The van der Waals surface area contributed by atoms with E-state index in [0.717, 1.165) is 25.1 Å². The fraction of sp³-hybridized carbons (Fsp3) is 0.200. The molecule has 0 saturated heterocycles. The fourth-order valence-corrected chi connectivity index (χ4v) is 2.62. The lowest BCUT2D eigenvalue weighted by Crippen LogP contribution is -2.19. The van der Waals surface area contributed by atoms with Crippen molar-refractivity contribution in [3.63, 3.8) is 0 Å². The summed E-state index contributed by atoms with van der Waals surface area (Å²) in [6.07, 6.45) is 3.69. The number of hydrogen-bond acceptors (Lipinski definition) is 3. The van der Waals surface area contributed by atoms with Crippen molar-refractivity contribution in [1.29, 1.82) is 0 Å². The van der Waals surface area contributed by atoms with Crippen LogP contribution in [0.1, 0.15) is 19.8 Å². The summed E-state index contributed by atoms with van der Waals surface area (Å²) in [5.74, 6) is -0.392. The van der Waals surface area contributed by atoms with Crippen LogP contribution in [-0.2, 0) is 0 Å². The van der Waals surface area contributed by atoms with Gasteiger partial charge in [0.1, 0.15) is 5.82 Å². The minimum Gasteiger partial charge on any atom is -0.385 e. The average Bonchev–Trinajstić information content (AvgIpc) is 3.11. The van der Waals surface area contributed by atoms with Gasteiger partial charge in [-0.1, -0.05) is 25.5 Å². The minimum atomic E-state index is -0.430. The van der Waals surface area contributed by atoms with E-state index >= 15 is 0 Å². The summed E-state index contributed by atoms with van der Waals surface area (Å²) in [6.45, 7) is 3.06. The van der Waals surface area contributed by atoms with Crippen LogP contribution in [0.3, 0.4) is 0 Å². The van der Waals surface area contributed by atoms with Crippen LogP contribution in [0.5, 0.6) is 0 Å². The van der Waals surface area contributed by atoms with E-state index in [2.05, 4.69) is 33.1 Å². The molecule has 27 heavy (non-hydrogen) atoms. The van der Waals surface area contributed by atoms with Crippen LogP contribution >= 0.6 is 0 Å². The van der Waals surface area contributed by atoms with E-state index in [1.54, 1.807) is 18.2 Å². The Labute approximate surface area is 157 Å². The number of benzene rings is 2. The molecule has 0 radical (unpaired) electrons. The van der Waals surface area contributed by atoms with Crippen molar-refractivity contribution in [3.8, 4) is 11.3 Å². The number of unbranched alkanes of at least 4 members (excludes halogenated alkanes) is 1. The third-order valence-corrected chi connectivity index (χ3v) is 4.03. The van der Waals surface area contributed by atoms with Gasteiger partial charge in [-0.25, -0.2) is 9.18 Å². The van der Waals surface area contributed by atoms with E-state index in [0.29, 0.717) is 22.6 Å². The highest BCUT2D eigenvalue weighted by Crippen LogP contribution is 2.27. The number of nitrogens with zero attached hydrogens (tertiary/aromatic N) is 1. The molecule has 0 aliphatic carbocycles. The second-order valence-corrected chi connectivity index (χ2v) is 6.08. The molecule has 3 rings (SSSR count). The predicted octanol–water partition coefficient (Wildman–Crippen LogP) is 5.07. The number of hydrogen-bond donors (Lipinski definition) is 4. The van der Waals surface area contributed by atoms with Crippen molar-refractivity contribution in [2.75, 3.05) is 22.5 Å². The zero-order valence-electron chi connectivity index (χ0n) is 15.1. The Bertz CT molecular complexity index is 891. The Kier molecular flexibility index (Phi) is 6.04. The normalized spacial score (nSPS) is 10.4. The molecule has 0 aliphatic heterocycles. The van der Waals surface area contributed by atoms with Gasteiger partial charge in [0.2, 0.25) is 0 Å². The SMILES string of the molecule is CCCCNc1ccc(NC(=O)Nc2cn[nH]c2-c2ccccc2F)cc1. The van der Waals surface area contributed by atoms with Crippen molar-refractivity contribution in [2.45, 2.75) is 19.8 Å². The van der Waals surface area contributed by atoms with Gasteiger partial charge in [-0.05, 0) is 42.8 Å². The van der Waals surface area contributed by atoms with Crippen LogP contribution in [0, 0.1) is 5.82 Å². The maximum atomic E-state index is 14.0. The van der Waals surface area contributed by atoms with Gasteiger partial charge in [-0.15, -0.1) is 0 Å². The lowest BCUT2D eigenvalue weighted by Gasteiger charge is -2.10. The molecule has 140 valence electrons. The molecule has 4 N–H and O–H groups in total. The topological polar surface area (TPSA) is 81.8 Å². The van der Waals surface area contributed by atoms with Gasteiger partial charge in [0.05, 0.1) is 17.6 Å². The van der Waals surface area contributed by atoms with Gasteiger partial charge in [0, 0.05) is 23.5 Å². The van der Waals surface area contributed by atoms with Crippen LogP contribution in [0.15, 0.2) is 54.7 Å². The van der Waals surface area contributed by atoms with Crippen molar-refractivity contribution in [3.05, 3.63) is 60.5 Å². The number of nitrogens with one attached hydrogen (secondary N) is 4. The molecular weight excluding hydrogens is 345 g/mol. The summed E-state index contributed by atoms with van der Waals surface area (Å²) in [7, 11) is 0. The number of aromatic nitrogens is 2. The maximum absolute atomic E-state index is 14.0. The second-order valence-electron chi connectivity index (χ2n) is 6.08. The van der Waals surface area contributed by atoms with E-state index in [4.69, 9.17) is 0 Å². The number of aromatic amines is 1. The van der Waals surface area contributed by atoms with Crippen LogP contribution < -0.4 is 16.0 Å². The number of halogens is 1. The Hall–Kier alpha value is -3.35. The molecule has 3 aromatic rings. The van der Waals surface area contributed by atoms with Gasteiger partial charge in [-0.3, -0.25) is 5.10 Å². The molecule has 2 amide bonds. The largest absolute Gasteiger partial charge is 0.385 e. The van der Waals surface area contributed by atoms with Crippen LogP contribution in [-0.4, -0.2) is 22.8 Å². The highest BCUT2D eigenvalue weighted by molar-refractivity contribution is 6.01. The van der Waals surface area contributed by atoms with Crippen molar-refractivity contribution in [1.82, 2.24) is 10.2 Å². The number of urea groups is 1. The Balaban J connectivity index is 1.62. The highest BCUT2D eigenvalue weighted by Gasteiger charge is 2.14. The zero-order valence-corrected chi connectivity index (χ0v) is 15.1. The van der Waals surface area contributed by atoms with Crippen molar-refractivity contribution < 1.29 is 9.18 Å². The number of H-pyrrole nitrogens is 1. The van der Waals surface area contributed by atoms with Gasteiger partial charge in [0.15, 0.2) is 0 Å². The number of rotatable bonds is 7. The zero-order chi connectivity index (χ0) is 19.1. The van der Waals surface area contributed by atoms with E-state index in [1.807, 2.05) is 24.3 Å². The highest BCUT2D eigenvalue weighted by atomic mass is 19.1. The molecule has 2 aromatic carbocycles. The molecule has 0 aliphatic rings. The molecule has 6 nitrogen and oxygen atoms in total. The Morgan fingerprint density at radius 1 is 1.07 bits per heavy atom. The van der Waals surface area contributed by atoms with E-state index in [1.165, 1.54) is 12.3 Å². The second kappa shape index (κ2) is 8.84. The summed E-state index contributed by atoms with van der Waals surface area (Å²) < 4.78 is 14.0. The quantitative estimate of drug-likeness (QED) is 0.440. The van der Waals surface area contributed by atoms with Crippen LogP contribution in [0.4, 0.5) is 26.2 Å². The van der Waals surface area contributed by atoms with Gasteiger partial charge < -0.3 is 16.0 Å². The molecule has 0 spiro atoms. The van der Waals surface area contributed by atoms with Crippen molar-refractivity contribution in [2.24, 2.45) is 0 Å². The van der Waals surface area contributed by atoms with E-state index in [-0.39, 0.29) is 0 Å². The predicted molar refractivity (Wildman–Crippen MR) is 106 cm³/mol. The first-order valence-corrected chi connectivity index (χ1v) is 8.87. The van der Waals surface area contributed by atoms with Crippen LogP contribution in [0.25, 0.3) is 11.3 Å². The number of carbonyl (C=O) groups excluding carboxylic acids is 1. The first-order chi connectivity index (χ1) is 13.2. The monoisotopic (exact) mass is 367 g/mol. The summed E-state index contributed by atoms with van der Waals surface area (Å²) >= 11 is 0. The molecule has 0 atom stereocenters. The molecule has 0 bridgehead atoms. The van der Waals surface area contributed by atoms with Gasteiger partial charge in [-0.2, -0.15) is 5.10 Å². The lowest BCUT2D eigenvalue weighted by atomic mass is 10.1. The molecular formula is C20H22FN5O. The average molecular weight is 367 g/mol. The van der Waals surface area contributed by atoms with E-state index in [9.17, 15) is 9.18 Å². The van der Waals surface area contributed by atoms with Gasteiger partial charge in [0.25, 0.3) is 0 Å². The summed E-state index contributed by atoms with van der Waals surface area (Å²) in [5, 5.41) is 15.4. The first-order valence-electron chi connectivity index (χ1n) is 8.87. The Morgan fingerprint density at radius 2 is 1.81 bits per heavy atom. The standard InChI is InChI=1S/C20H22FN5O/c1-2-3-12-22-14-8-10-15(11-9-14)24-20(27)25-18-13-23-26-19(18)16-6-4-5-7-17(16)21/h4-11,13,22H,2-3,12H2,1H3,(H,23,26)(H2,24,25,27). The maximum Gasteiger partial charge on any atom is 0.323 e. The molecule has 1 aromatic heterocycles. The first kappa shape index (κ1) is 18.4. The van der Waals surface area contributed by atoms with Gasteiger partial charge >= 0.3 is 6.03 Å². The summed E-state index contributed by atoms with van der Waals surface area (Å²) in [5.41, 5.74) is 2.82. The minimum absolute atomic E-state index is 0.341. The third-order valence-electron chi connectivity index (χ3n) is 4.03. The summed E-state index contributed by atoms with van der Waals surface area (Å²) in [4.78, 5) is 12.3. The summed E-state index contributed by atoms with van der Waals surface area (Å²) in [6, 6.07) is 13.3. The lowest BCUT2D eigenvalue weighted by molar-refractivity contribution is 0.262. The number of amides is 2. The Morgan fingerprint density at radius 3 is 2.56 bits per heavy atom. The number of anilines is 3. The molecule has 0 fully saturated rings. The smallest absolute Gasteiger partial charge is 0.323 e. The molecule has 1 heterocycles. The van der Waals surface area contributed by atoms with Crippen molar-refractivity contribution >= 4 is 23.1 Å². The molecule has 0 saturated carbocycles. The number of carbonyl (C=O) groups is 1.